The van der Waals surface area contributed by atoms with Gasteiger partial charge in [0.25, 0.3) is 0 Å². The van der Waals surface area contributed by atoms with E-state index >= 15 is 0 Å². The van der Waals surface area contributed by atoms with Crippen LogP contribution in [0.2, 0.25) is 0 Å². The van der Waals surface area contributed by atoms with Gasteiger partial charge in [0.2, 0.25) is 0 Å². The van der Waals surface area contributed by atoms with Crippen molar-refractivity contribution in [3.8, 4) is 5.75 Å². The molecule has 0 unspecified atom stereocenters. The molecule has 21 heavy (non-hydrogen) atoms. The molecule has 0 amide bonds. The van der Waals surface area contributed by atoms with Crippen molar-refractivity contribution in [2.24, 2.45) is 5.73 Å². The van der Waals surface area contributed by atoms with E-state index in [1.54, 1.807) is 0 Å². The zero-order valence-electron chi connectivity index (χ0n) is 13.2. The standard InChI is InChI=1S/C17H25N3O/c1-4-13-11-14(20(6-3)19-13)12-21-17-10-8-7-9-15(17)16(18)5-2/h7-11,16H,4-6,12,18H2,1-3H3/t16-/m0/s1. The van der Waals surface area contributed by atoms with E-state index in [1.165, 1.54) is 0 Å². The number of ether oxygens (including phenoxy) is 1. The maximum absolute atomic E-state index is 6.15. The zero-order chi connectivity index (χ0) is 15.2. The summed E-state index contributed by atoms with van der Waals surface area (Å²) in [5.74, 6) is 0.869. The molecule has 0 fully saturated rings. The SMILES string of the molecule is CCc1cc(COc2ccccc2[C@@H](N)CC)n(CC)n1. The molecule has 0 saturated heterocycles. The molecule has 2 N–H and O–H groups in total. The van der Waals surface area contributed by atoms with Crippen LogP contribution in [0.5, 0.6) is 5.75 Å². The Labute approximate surface area is 126 Å². The number of aromatic nitrogens is 2. The number of aryl methyl sites for hydroxylation is 2. The molecule has 1 aromatic carbocycles. The van der Waals surface area contributed by atoms with Gasteiger partial charge in [-0.1, -0.05) is 32.0 Å². The van der Waals surface area contributed by atoms with Crippen LogP contribution in [0.1, 0.15) is 50.2 Å². The van der Waals surface area contributed by atoms with E-state index in [4.69, 9.17) is 10.5 Å². The van der Waals surface area contributed by atoms with Crippen molar-refractivity contribution >= 4 is 0 Å². The van der Waals surface area contributed by atoms with E-state index < -0.39 is 0 Å². The Morgan fingerprint density at radius 1 is 1.24 bits per heavy atom. The molecule has 1 heterocycles. The average Bonchev–Trinajstić information content (AvgIpc) is 2.94. The van der Waals surface area contributed by atoms with Crippen LogP contribution in [0.4, 0.5) is 0 Å². The fraction of sp³-hybridized carbons (Fsp3) is 0.471. The predicted molar refractivity (Wildman–Crippen MR) is 85.3 cm³/mol. The van der Waals surface area contributed by atoms with E-state index in [0.717, 1.165) is 42.1 Å². The number of nitrogens with two attached hydrogens (primary N) is 1. The van der Waals surface area contributed by atoms with Gasteiger partial charge in [-0.15, -0.1) is 0 Å². The van der Waals surface area contributed by atoms with Crippen LogP contribution in [-0.2, 0) is 19.6 Å². The summed E-state index contributed by atoms with van der Waals surface area (Å²) in [7, 11) is 0. The quantitative estimate of drug-likeness (QED) is 0.848. The molecular formula is C17H25N3O. The minimum atomic E-state index is 0.0171. The molecule has 4 nitrogen and oxygen atoms in total. The topological polar surface area (TPSA) is 53.1 Å². The first-order valence-corrected chi connectivity index (χ1v) is 7.72. The molecule has 1 aromatic heterocycles. The van der Waals surface area contributed by atoms with Crippen molar-refractivity contribution in [2.75, 3.05) is 0 Å². The number of rotatable bonds is 7. The number of benzene rings is 1. The Morgan fingerprint density at radius 3 is 2.67 bits per heavy atom. The van der Waals surface area contributed by atoms with Gasteiger partial charge in [0.15, 0.2) is 0 Å². The summed E-state index contributed by atoms with van der Waals surface area (Å²) < 4.78 is 8.01. The third-order valence-electron chi connectivity index (χ3n) is 3.71. The normalized spacial score (nSPS) is 12.4. The van der Waals surface area contributed by atoms with Gasteiger partial charge in [-0.2, -0.15) is 5.10 Å². The first-order chi connectivity index (χ1) is 10.2. The maximum Gasteiger partial charge on any atom is 0.130 e. The van der Waals surface area contributed by atoms with Crippen LogP contribution in [0.3, 0.4) is 0 Å². The van der Waals surface area contributed by atoms with E-state index in [-0.39, 0.29) is 6.04 Å². The van der Waals surface area contributed by atoms with Crippen molar-refractivity contribution in [3.63, 3.8) is 0 Å². The third kappa shape index (κ3) is 3.64. The summed E-state index contributed by atoms with van der Waals surface area (Å²) in [6.45, 7) is 7.67. The van der Waals surface area contributed by atoms with Crippen LogP contribution in [0, 0.1) is 0 Å². The van der Waals surface area contributed by atoms with Crippen LogP contribution in [0.25, 0.3) is 0 Å². The Balaban J connectivity index is 2.15. The summed E-state index contributed by atoms with van der Waals surface area (Å²) >= 11 is 0. The lowest BCUT2D eigenvalue weighted by atomic mass is 10.0. The van der Waals surface area contributed by atoms with Crippen LogP contribution in [0.15, 0.2) is 30.3 Å². The van der Waals surface area contributed by atoms with Crippen LogP contribution >= 0.6 is 0 Å². The fourth-order valence-corrected chi connectivity index (χ4v) is 2.37. The Morgan fingerprint density at radius 2 is 2.00 bits per heavy atom. The summed E-state index contributed by atoms with van der Waals surface area (Å²) in [6.07, 6.45) is 1.84. The highest BCUT2D eigenvalue weighted by Crippen LogP contribution is 2.26. The minimum Gasteiger partial charge on any atom is -0.487 e. The molecule has 0 bridgehead atoms. The van der Waals surface area contributed by atoms with Gasteiger partial charge in [-0.3, -0.25) is 4.68 Å². The second kappa shape index (κ2) is 7.27. The first kappa shape index (κ1) is 15.6. The largest absolute Gasteiger partial charge is 0.487 e. The second-order valence-electron chi connectivity index (χ2n) is 5.14. The number of nitrogens with zero attached hydrogens (tertiary/aromatic N) is 2. The van der Waals surface area contributed by atoms with Gasteiger partial charge in [0.1, 0.15) is 12.4 Å². The summed E-state index contributed by atoms with van der Waals surface area (Å²) in [4.78, 5) is 0. The summed E-state index contributed by atoms with van der Waals surface area (Å²) in [5, 5.41) is 4.55. The number of hydrogen-bond donors (Lipinski definition) is 1. The molecule has 0 spiro atoms. The van der Waals surface area contributed by atoms with Crippen molar-refractivity contribution < 1.29 is 4.74 Å². The molecular weight excluding hydrogens is 262 g/mol. The fourth-order valence-electron chi connectivity index (χ4n) is 2.37. The number of hydrogen-bond acceptors (Lipinski definition) is 3. The molecule has 114 valence electrons. The predicted octanol–water partition coefficient (Wildman–Crippen LogP) is 3.45. The lowest BCUT2D eigenvalue weighted by Crippen LogP contribution is -2.12. The summed E-state index contributed by atoms with van der Waals surface area (Å²) in [5.41, 5.74) is 9.43. The van der Waals surface area contributed by atoms with Gasteiger partial charge in [-0.05, 0) is 31.9 Å². The molecule has 0 aliphatic heterocycles. The van der Waals surface area contributed by atoms with Gasteiger partial charge in [-0.25, -0.2) is 0 Å². The van der Waals surface area contributed by atoms with E-state index in [9.17, 15) is 0 Å². The van der Waals surface area contributed by atoms with E-state index in [2.05, 4.69) is 31.9 Å². The first-order valence-electron chi connectivity index (χ1n) is 7.72. The van der Waals surface area contributed by atoms with Gasteiger partial charge in [0, 0.05) is 18.2 Å². The average molecular weight is 287 g/mol. The summed E-state index contributed by atoms with van der Waals surface area (Å²) in [6, 6.07) is 10.1. The minimum absolute atomic E-state index is 0.0171. The van der Waals surface area contributed by atoms with Gasteiger partial charge in [0.05, 0.1) is 11.4 Å². The molecule has 0 aliphatic rings. The lowest BCUT2D eigenvalue weighted by Gasteiger charge is -2.15. The van der Waals surface area contributed by atoms with Crippen molar-refractivity contribution in [1.82, 2.24) is 9.78 Å². The molecule has 0 aliphatic carbocycles. The van der Waals surface area contributed by atoms with Crippen molar-refractivity contribution in [1.29, 1.82) is 0 Å². The molecule has 0 saturated carbocycles. The lowest BCUT2D eigenvalue weighted by molar-refractivity contribution is 0.287. The molecule has 2 rings (SSSR count). The number of para-hydroxylation sites is 1. The Kier molecular flexibility index (Phi) is 5.39. The van der Waals surface area contributed by atoms with Crippen LogP contribution in [-0.4, -0.2) is 9.78 Å². The second-order valence-corrected chi connectivity index (χ2v) is 5.14. The van der Waals surface area contributed by atoms with Crippen molar-refractivity contribution in [2.45, 2.75) is 52.8 Å². The highest BCUT2D eigenvalue weighted by Gasteiger charge is 2.11. The Bertz CT molecular complexity index is 577. The molecule has 1 atom stereocenters. The van der Waals surface area contributed by atoms with Gasteiger partial charge >= 0.3 is 0 Å². The van der Waals surface area contributed by atoms with Crippen LogP contribution < -0.4 is 10.5 Å². The van der Waals surface area contributed by atoms with E-state index in [0.29, 0.717) is 6.61 Å². The monoisotopic (exact) mass is 287 g/mol. The molecule has 0 radical (unpaired) electrons. The highest BCUT2D eigenvalue weighted by atomic mass is 16.5. The zero-order valence-corrected chi connectivity index (χ0v) is 13.2. The smallest absolute Gasteiger partial charge is 0.130 e. The highest BCUT2D eigenvalue weighted by molar-refractivity contribution is 5.35. The Hall–Kier alpha value is -1.81. The third-order valence-corrected chi connectivity index (χ3v) is 3.71. The maximum atomic E-state index is 6.15. The van der Waals surface area contributed by atoms with Gasteiger partial charge < -0.3 is 10.5 Å². The van der Waals surface area contributed by atoms with Crippen molar-refractivity contribution in [3.05, 3.63) is 47.3 Å². The van der Waals surface area contributed by atoms with E-state index in [1.807, 2.05) is 28.9 Å². The molecule has 2 aromatic rings. The molecule has 4 heteroatoms.